The van der Waals surface area contributed by atoms with Crippen LogP contribution in [0.1, 0.15) is 20.8 Å². The Bertz CT molecular complexity index is 338. The van der Waals surface area contributed by atoms with Gasteiger partial charge in [-0.1, -0.05) is 0 Å². The number of hydrogen-bond donors (Lipinski definition) is 2. The summed E-state index contributed by atoms with van der Waals surface area (Å²) in [5, 5.41) is 6.25. The number of likely N-dealkylation sites (N-methyl/N-ethyl adjacent to an activating group) is 1. The van der Waals surface area contributed by atoms with Crippen molar-refractivity contribution in [2.75, 3.05) is 52.4 Å². The number of ether oxygens (including phenoxy) is 1. The van der Waals surface area contributed by atoms with Crippen LogP contribution in [0.3, 0.4) is 0 Å². The van der Waals surface area contributed by atoms with E-state index in [-0.39, 0.29) is 18.1 Å². The van der Waals surface area contributed by atoms with Gasteiger partial charge in [0.1, 0.15) is 6.04 Å². The number of amides is 1. The molecule has 0 saturated carbocycles. The maximum absolute atomic E-state index is 12.2. The van der Waals surface area contributed by atoms with Crippen LogP contribution in [-0.4, -0.2) is 86.3 Å². The highest BCUT2D eigenvalue weighted by Crippen LogP contribution is 2.13. The summed E-state index contributed by atoms with van der Waals surface area (Å²) in [5.74, 6) is 0.126. The lowest BCUT2D eigenvalue weighted by molar-refractivity contribution is -0.128. The van der Waals surface area contributed by atoms with Crippen molar-refractivity contribution in [3.63, 3.8) is 0 Å². The number of piperazine rings is 1. The van der Waals surface area contributed by atoms with Crippen molar-refractivity contribution in [1.29, 1.82) is 0 Å². The summed E-state index contributed by atoms with van der Waals surface area (Å²) < 4.78 is 5.91. The number of morpholine rings is 1. The molecule has 2 N–H and O–H groups in total. The predicted molar refractivity (Wildman–Crippen MR) is 83.4 cm³/mol. The molecule has 2 saturated heterocycles. The lowest BCUT2D eigenvalue weighted by atomic mass is 10.1. The van der Waals surface area contributed by atoms with Crippen molar-refractivity contribution in [1.82, 2.24) is 20.4 Å². The summed E-state index contributed by atoms with van der Waals surface area (Å²) in [6.45, 7) is 13.3. The topological polar surface area (TPSA) is 56.8 Å². The molecule has 2 heterocycles. The van der Waals surface area contributed by atoms with Crippen molar-refractivity contribution in [3.8, 4) is 0 Å². The minimum atomic E-state index is -0.0725. The molecule has 0 aromatic rings. The monoisotopic (exact) mass is 298 g/mol. The van der Waals surface area contributed by atoms with Crippen LogP contribution >= 0.6 is 0 Å². The van der Waals surface area contributed by atoms with Crippen LogP contribution in [0.4, 0.5) is 0 Å². The molecule has 2 unspecified atom stereocenters. The molecule has 2 aliphatic rings. The van der Waals surface area contributed by atoms with Crippen LogP contribution in [0.5, 0.6) is 0 Å². The Balaban J connectivity index is 1.90. The maximum atomic E-state index is 12.2. The zero-order chi connectivity index (χ0) is 15.2. The molecule has 1 amide bonds. The first-order chi connectivity index (χ1) is 10.1. The second-order valence-corrected chi connectivity index (χ2v) is 6.19. The molecule has 21 heavy (non-hydrogen) atoms. The zero-order valence-corrected chi connectivity index (χ0v) is 13.6. The van der Waals surface area contributed by atoms with Crippen LogP contribution < -0.4 is 10.6 Å². The van der Waals surface area contributed by atoms with Crippen LogP contribution in [0.2, 0.25) is 0 Å². The van der Waals surface area contributed by atoms with Gasteiger partial charge >= 0.3 is 0 Å². The smallest absolute Gasteiger partial charge is 0.238 e. The average molecular weight is 298 g/mol. The molecule has 0 spiro atoms. The minimum Gasteiger partial charge on any atom is -0.374 e. The summed E-state index contributed by atoms with van der Waals surface area (Å²) in [5.41, 5.74) is 0. The van der Waals surface area contributed by atoms with Gasteiger partial charge in [0.2, 0.25) is 5.91 Å². The quantitative estimate of drug-likeness (QED) is 0.717. The third-order valence-corrected chi connectivity index (χ3v) is 4.35. The lowest BCUT2D eigenvalue weighted by Crippen LogP contribution is -2.60. The molecule has 0 bridgehead atoms. The first-order valence-electron chi connectivity index (χ1n) is 8.20. The molecule has 2 rings (SSSR count). The van der Waals surface area contributed by atoms with E-state index in [1.54, 1.807) is 0 Å². The van der Waals surface area contributed by atoms with E-state index in [1.807, 2.05) is 6.92 Å². The zero-order valence-electron chi connectivity index (χ0n) is 13.6. The number of hydrogen-bond acceptors (Lipinski definition) is 5. The van der Waals surface area contributed by atoms with Crippen LogP contribution in [-0.2, 0) is 9.53 Å². The molecular weight excluding hydrogens is 268 g/mol. The van der Waals surface area contributed by atoms with E-state index in [0.29, 0.717) is 12.6 Å². The Morgan fingerprint density at radius 1 is 1.43 bits per heavy atom. The van der Waals surface area contributed by atoms with Gasteiger partial charge in [0.25, 0.3) is 0 Å². The molecule has 0 radical (unpaired) electrons. The highest BCUT2D eigenvalue weighted by atomic mass is 16.5. The van der Waals surface area contributed by atoms with Crippen LogP contribution in [0.25, 0.3) is 0 Å². The summed E-state index contributed by atoms with van der Waals surface area (Å²) in [7, 11) is 0. The molecule has 2 aliphatic heterocycles. The number of rotatable bonds is 5. The van der Waals surface area contributed by atoms with Gasteiger partial charge in [-0.15, -0.1) is 0 Å². The average Bonchev–Trinajstić information content (AvgIpc) is 2.48. The number of nitrogens with zero attached hydrogens (tertiary/aromatic N) is 2. The van der Waals surface area contributed by atoms with E-state index in [9.17, 15) is 4.79 Å². The van der Waals surface area contributed by atoms with Crippen molar-refractivity contribution in [3.05, 3.63) is 0 Å². The molecule has 6 heteroatoms. The van der Waals surface area contributed by atoms with Crippen molar-refractivity contribution < 1.29 is 9.53 Å². The van der Waals surface area contributed by atoms with Gasteiger partial charge < -0.3 is 15.4 Å². The Morgan fingerprint density at radius 2 is 2.24 bits per heavy atom. The number of carbonyl (C=O) groups excluding carboxylic acids is 1. The number of carbonyl (C=O) groups is 1. The highest BCUT2D eigenvalue weighted by molar-refractivity contribution is 5.82. The van der Waals surface area contributed by atoms with Gasteiger partial charge in [0.05, 0.1) is 12.7 Å². The lowest BCUT2D eigenvalue weighted by Gasteiger charge is -2.41. The van der Waals surface area contributed by atoms with Gasteiger partial charge in [0, 0.05) is 51.9 Å². The SMILES string of the molecule is CCNC(=O)C1CNCCN1CC1CN(C(C)C)CCO1. The van der Waals surface area contributed by atoms with Crippen LogP contribution in [0, 0.1) is 0 Å². The molecule has 2 atom stereocenters. The maximum Gasteiger partial charge on any atom is 0.238 e. The molecule has 2 fully saturated rings. The predicted octanol–water partition coefficient (Wildman–Crippen LogP) is -0.494. The fraction of sp³-hybridized carbons (Fsp3) is 0.933. The fourth-order valence-corrected chi connectivity index (χ4v) is 3.10. The van der Waals surface area contributed by atoms with Crippen LogP contribution in [0.15, 0.2) is 0 Å². The third kappa shape index (κ3) is 4.64. The van der Waals surface area contributed by atoms with Crippen molar-refractivity contribution in [2.45, 2.75) is 39.0 Å². The standard InChI is InChI=1S/C15H30N4O2/c1-4-17-15(20)14-9-16-5-6-19(14)11-13-10-18(12(2)3)7-8-21-13/h12-14,16H,4-11H2,1-3H3,(H,17,20). The van der Waals surface area contributed by atoms with Gasteiger partial charge in [-0.25, -0.2) is 0 Å². The Labute approximate surface area is 128 Å². The summed E-state index contributed by atoms with van der Waals surface area (Å²) in [6, 6.07) is 0.482. The second-order valence-electron chi connectivity index (χ2n) is 6.19. The molecule has 0 aromatic heterocycles. The van der Waals surface area contributed by atoms with E-state index in [4.69, 9.17) is 4.74 Å². The summed E-state index contributed by atoms with van der Waals surface area (Å²) in [6.07, 6.45) is 0.205. The van der Waals surface area contributed by atoms with Gasteiger partial charge in [-0.3, -0.25) is 14.6 Å². The highest BCUT2D eigenvalue weighted by Gasteiger charge is 2.32. The molecule has 6 nitrogen and oxygen atoms in total. The van der Waals surface area contributed by atoms with Gasteiger partial charge in [-0.05, 0) is 20.8 Å². The largest absolute Gasteiger partial charge is 0.374 e. The molecule has 0 aromatic carbocycles. The molecule has 0 aliphatic carbocycles. The molecule has 122 valence electrons. The van der Waals surface area contributed by atoms with Gasteiger partial charge in [0.15, 0.2) is 0 Å². The second kappa shape index (κ2) is 8.08. The summed E-state index contributed by atoms with van der Waals surface area (Å²) in [4.78, 5) is 16.9. The third-order valence-electron chi connectivity index (χ3n) is 4.35. The van der Waals surface area contributed by atoms with E-state index in [1.165, 1.54) is 0 Å². The summed E-state index contributed by atoms with van der Waals surface area (Å²) >= 11 is 0. The van der Waals surface area contributed by atoms with E-state index >= 15 is 0 Å². The van der Waals surface area contributed by atoms with Crippen molar-refractivity contribution >= 4 is 5.91 Å². The fourth-order valence-electron chi connectivity index (χ4n) is 3.10. The Kier molecular flexibility index (Phi) is 6.41. The Morgan fingerprint density at radius 3 is 2.95 bits per heavy atom. The minimum absolute atomic E-state index is 0.0725. The normalized spacial score (nSPS) is 28.8. The van der Waals surface area contributed by atoms with E-state index in [2.05, 4.69) is 34.3 Å². The first kappa shape index (κ1) is 16.7. The van der Waals surface area contributed by atoms with Gasteiger partial charge in [-0.2, -0.15) is 0 Å². The van der Waals surface area contributed by atoms with Crippen molar-refractivity contribution in [2.24, 2.45) is 0 Å². The first-order valence-corrected chi connectivity index (χ1v) is 8.20. The number of nitrogens with one attached hydrogen (secondary N) is 2. The Hall–Kier alpha value is -0.690. The molecular formula is C15H30N4O2. The van der Waals surface area contributed by atoms with E-state index in [0.717, 1.165) is 45.9 Å². The van der Waals surface area contributed by atoms with E-state index < -0.39 is 0 Å².